The van der Waals surface area contributed by atoms with Crippen LogP contribution in [0.1, 0.15) is 22.3 Å². The van der Waals surface area contributed by atoms with Crippen LogP contribution in [0.3, 0.4) is 0 Å². The summed E-state index contributed by atoms with van der Waals surface area (Å²) in [7, 11) is -3.59. The van der Waals surface area contributed by atoms with Gasteiger partial charge in [-0.05, 0) is 91.4 Å². The minimum atomic E-state index is -3.59. The Morgan fingerprint density at radius 1 is 0.312 bits per heavy atom. The second-order valence-corrected chi connectivity index (χ2v) is 22.9. The third-order valence-electron chi connectivity index (χ3n) is 16.0. The molecule has 0 amide bonds. The van der Waals surface area contributed by atoms with Crippen molar-refractivity contribution in [3.8, 4) is 78.5 Å². The topological polar surface area (TPSA) is 55.7 Å². The summed E-state index contributed by atoms with van der Waals surface area (Å²) in [6, 6.07) is 97.7. The fourth-order valence-corrected chi connectivity index (χ4v) is 15.3. The Hall–Kier alpha value is -9.60. The van der Waals surface area contributed by atoms with E-state index < -0.39 is 12.6 Å². The number of rotatable bonds is 8. The van der Waals surface area contributed by atoms with Gasteiger partial charge in [0.15, 0.2) is 13.0 Å². The molecule has 0 saturated carbocycles. The number of pyridine rings is 1. The summed E-state index contributed by atoms with van der Waals surface area (Å²) < 4.78 is 16.9. The lowest BCUT2D eigenvalue weighted by molar-refractivity contribution is 0.592. The second kappa shape index (κ2) is 17.8. The van der Waals surface area contributed by atoms with Crippen LogP contribution >= 0.6 is 7.14 Å². The molecule has 0 atom stereocenters. The van der Waals surface area contributed by atoms with Gasteiger partial charge < -0.3 is 4.57 Å². The van der Waals surface area contributed by atoms with Gasteiger partial charge in [0.1, 0.15) is 0 Å². The minimum absolute atomic E-state index is 0.565. The van der Waals surface area contributed by atoms with E-state index in [0.29, 0.717) is 16.8 Å². The molecule has 0 unspecified atom stereocenters. The van der Waals surface area contributed by atoms with Crippen LogP contribution < -0.4 is 15.9 Å². The predicted octanol–water partition coefficient (Wildman–Crippen LogP) is 16.5. The summed E-state index contributed by atoms with van der Waals surface area (Å²) in [5.41, 5.74) is 18.3. The molecule has 77 heavy (non-hydrogen) atoms. The lowest BCUT2D eigenvalue weighted by Crippen LogP contribution is -2.25. The highest BCUT2D eigenvalue weighted by Gasteiger charge is 2.52. The Labute approximate surface area is 447 Å². The highest BCUT2D eigenvalue weighted by atomic mass is 31.2. The second-order valence-electron chi connectivity index (χ2n) is 20.1. The van der Waals surface area contributed by atoms with Gasteiger partial charge in [-0.15, -0.1) is 0 Å². The molecule has 0 fully saturated rings. The van der Waals surface area contributed by atoms with Gasteiger partial charge >= 0.3 is 0 Å². The average Bonchev–Trinajstić information content (AvgIpc) is 4.23. The van der Waals surface area contributed by atoms with E-state index in [9.17, 15) is 0 Å². The SMILES string of the molecule is O=P(c1ccccc1)(c1ccccc1)c1cc(-c2cc(-c3ccc(-c4ccccc4)cc3)nc(-c3ccccc3)n2)cc(-c2nc3ccccc3c3ccc4c(c23)-c2ccccc2C42c3ccccc3-c3ccccc32)c1. The maximum Gasteiger partial charge on any atom is 0.171 e. The number of hydrogen-bond acceptors (Lipinski definition) is 4. The van der Waals surface area contributed by atoms with Crippen LogP contribution in [0.15, 0.2) is 279 Å². The molecule has 2 aromatic heterocycles. The zero-order valence-electron chi connectivity index (χ0n) is 41.8. The quantitative estimate of drug-likeness (QED) is 0.112. The predicted molar refractivity (Wildman–Crippen MR) is 318 cm³/mol. The van der Waals surface area contributed by atoms with Crippen molar-refractivity contribution >= 4 is 44.7 Å². The van der Waals surface area contributed by atoms with Crippen molar-refractivity contribution in [2.75, 3.05) is 0 Å². The molecule has 0 N–H and O–H groups in total. The highest BCUT2D eigenvalue weighted by Crippen LogP contribution is 2.64. The molecule has 360 valence electrons. The van der Waals surface area contributed by atoms with Crippen molar-refractivity contribution in [2.24, 2.45) is 0 Å². The Morgan fingerprint density at radius 2 is 0.792 bits per heavy atom. The Kier molecular flexibility index (Phi) is 10.4. The first kappa shape index (κ1) is 44.8. The van der Waals surface area contributed by atoms with E-state index >= 15 is 4.57 Å². The van der Waals surface area contributed by atoms with Crippen LogP contribution in [-0.4, -0.2) is 15.0 Å². The van der Waals surface area contributed by atoms with Gasteiger partial charge in [-0.25, -0.2) is 15.0 Å². The molecule has 0 aliphatic heterocycles. The third-order valence-corrected chi connectivity index (χ3v) is 19.0. The van der Waals surface area contributed by atoms with Crippen molar-refractivity contribution in [3.05, 3.63) is 301 Å². The molecule has 15 rings (SSSR count). The molecule has 0 bridgehead atoms. The maximum absolute atomic E-state index is 16.9. The first-order chi connectivity index (χ1) is 38.1. The summed E-state index contributed by atoms with van der Waals surface area (Å²) in [4.78, 5) is 16.5. The van der Waals surface area contributed by atoms with Crippen molar-refractivity contribution in [3.63, 3.8) is 0 Å². The van der Waals surface area contributed by atoms with Gasteiger partial charge in [0.2, 0.25) is 0 Å². The van der Waals surface area contributed by atoms with Crippen molar-refractivity contribution in [1.82, 2.24) is 15.0 Å². The van der Waals surface area contributed by atoms with E-state index in [2.05, 4.69) is 194 Å². The standard InChI is InChI=1S/C72H46N3OP/c76-77(53-25-9-3-10-26-53,54-27-11-4-12-28-54)55-44-51(67-46-66(74-71(75-67)50-23-7-2-8-24-50)49-39-37-48(38-40-49)47-21-5-1-6-22-47)43-52(45-55)70-69-59(58-31-16-20-36-65(58)73-70)41-42-64-68(69)60-32-15-19-35-63(60)72(64)61-33-17-13-29-56(61)57-30-14-18-34-62(57)72/h1-46H. The monoisotopic (exact) mass is 999 g/mol. The van der Waals surface area contributed by atoms with Crippen molar-refractivity contribution in [2.45, 2.75) is 5.41 Å². The molecule has 2 aliphatic carbocycles. The van der Waals surface area contributed by atoms with Gasteiger partial charge in [-0.1, -0.05) is 249 Å². The van der Waals surface area contributed by atoms with Gasteiger partial charge in [-0.2, -0.15) is 0 Å². The Balaban J connectivity index is 1.05. The summed E-state index contributed by atoms with van der Waals surface area (Å²) in [6.45, 7) is 0. The number of hydrogen-bond donors (Lipinski definition) is 0. The third kappa shape index (κ3) is 6.93. The fraction of sp³-hybridized carbons (Fsp3) is 0.0139. The molecule has 5 heteroatoms. The molecule has 0 radical (unpaired) electrons. The molecule has 4 nitrogen and oxygen atoms in total. The molecule has 2 heterocycles. The van der Waals surface area contributed by atoms with E-state index in [4.69, 9.17) is 15.0 Å². The minimum Gasteiger partial charge on any atom is -0.309 e. The summed E-state index contributed by atoms with van der Waals surface area (Å²) in [5, 5.41) is 5.40. The highest BCUT2D eigenvalue weighted by molar-refractivity contribution is 7.85. The first-order valence-electron chi connectivity index (χ1n) is 26.2. The lowest BCUT2D eigenvalue weighted by Gasteiger charge is -2.30. The summed E-state index contributed by atoms with van der Waals surface area (Å²) >= 11 is 0. The van der Waals surface area contributed by atoms with Gasteiger partial charge in [0, 0.05) is 48.9 Å². The molecular weight excluding hydrogens is 954 g/mol. The van der Waals surface area contributed by atoms with E-state index in [1.54, 1.807) is 0 Å². The number of para-hydroxylation sites is 1. The number of fused-ring (bicyclic) bond motifs is 14. The van der Waals surface area contributed by atoms with E-state index in [1.807, 2.05) is 84.9 Å². The van der Waals surface area contributed by atoms with Crippen LogP contribution in [0.4, 0.5) is 0 Å². The Morgan fingerprint density at radius 3 is 1.43 bits per heavy atom. The van der Waals surface area contributed by atoms with Crippen LogP contribution in [0.5, 0.6) is 0 Å². The van der Waals surface area contributed by atoms with Gasteiger partial charge in [0.25, 0.3) is 0 Å². The van der Waals surface area contributed by atoms with Crippen molar-refractivity contribution < 1.29 is 4.57 Å². The first-order valence-corrected chi connectivity index (χ1v) is 27.9. The Bertz CT molecular complexity index is 4430. The van der Waals surface area contributed by atoms with Gasteiger partial charge in [-0.3, -0.25) is 0 Å². The summed E-state index contributed by atoms with van der Waals surface area (Å²) in [6.07, 6.45) is 0. The molecule has 13 aromatic rings. The number of aromatic nitrogens is 3. The van der Waals surface area contributed by atoms with Crippen LogP contribution in [-0.2, 0) is 9.98 Å². The normalized spacial score (nSPS) is 12.8. The van der Waals surface area contributed by atoms with E-state index in [0.717, 1.165) is 82.6 Å². The van der Waals surface area contributed by atoms with E-state index in [1.165, 1.54) is 38.9 Å². The fourth-order valence-electron chi connectivity index (χ4n) is 12.6. The smallest absolute Gasteiger partial charge is 0.171 e. The lowest BCUT2D eigenvalue weighted by atomic mass is 9.70. The number of nitrogens with zero attached hydrogens (tertiary/aromatic N) is 3. The van der Waals surface area contributed by atoms with Gasteiger partial charge in [0.05, 0.1) is 28.0 Å². The van der Waals surface area contributed by atoms with Crippen LogP contribution in [0.2, 0.25) is 0 Å². The van der Waals surface area contributed by atoms with E-state index in [-0.39, 0.29) is 0 Å². The van der Waals surface area contributed by atoms with Crippen LogP contribution in [0, 0.1) is 0 Å². The summed E-state index contributed by atoms with van der Waals surface area (Å²) in [5.74, 6) is 0.595. The maximum atomic E-state index is 16.9. The average molecular weight is 1000 g/mol. The largest absolute Gasteiger partial charge is 0.309 e. The molecule has 2 aliphatic rings. The molecule has 11 aromatic carbocycles. The molecular formula is C72H46N3OP. The number of benzene rings is 11. The van der Waals surface area contributed by atoms with Crippen molar-refractivity contribution in [1.29, 1.82) is 0 Å². The zero-order valence-corrected chi connectivity index (χ0v) is 42.6. The zero-order chi connectivity index (χ0) is 51.1. The van der Waals surface area contributed by atoms with Crippen LogP contribution in [0.25, 0.3) is 100 Å². The molecule has 1 spiro atoms. The molecule has 0 saturated heterocycles.